The average molecular weight is 478 g/mol. The van der Waals surface area contributed by atoms with Crippen molar-refractivity contribution in [3.63, 3.8) is 0 Å². The van der Waals surface area contributed by atoms with Gasteiger partial charge < -0.3 is 15.2 Å². The van der Waals surface area contributed by atoms with Gasteiger partial charge in [0, 0.05) is 30.7 Å². The molecule has 174 valence electrons. The number of H-pyrrole nitrogens is 1. The Balaban J connectivity index is 1.49. The molecule has 0 spiro atoms. The van der Waals surface area contributed by atoms with Crippen LogP contribution in [0.2, 0.25) is 0 Å². The van der Waals surface area contributed by atoms with Crippen LogP contribution >= 0.6 is 0 Å². The topological polar surface area (TPSA) is 95.2 Å². The van der Waals surface area contributed by atoms with Crippen molar-refractivity contribution < 1.29 is 26.4 Å². The van der Waals surface area contributed by atoms with E-state index in [-0.39, 0.29) is 22.5 Å². The Labute approximate surface area is 188 Å². The Hall–Kier alpha value is -3.34. The van der Waals surface area contributed by atoms with Gasteiger partial charge in [0.1, 0.15) is 5.69 Å². The highest BCUT2D eigenvalue weighted by Gasteiger charge is 2.30. The summed E-state index contributed by atoms with van der Waals surface area (Å²) in [6.45, 7) is 2.26. The van der Waals surface area contributed by atoms with Crippen LogP contribution in [0.1, 0.15) is 34.1 Å². The van der Waals surface area contributed by atoms with E-state index in [1.165, 1.54) is 25.3 Å². The zero-order valence-corrected chi connectivity index (χ0v) is 18.4. The van der Waals surface area contributed by atoms with Crippen molar-refractivity contribution in [2.24, 2.45) is 0 Å². The maximum atomic E-state index is 12.9. The normalized spacial score (nSPS) is 14.1. The first-order valence-electron chi connectivity index (χ1n) is 10.2. The third-order valence-corrected chi connectivity index (χ3v) is 7.01. The molecule has 2 aromatic carbocycles. The van der Waals surface area contributed by atoms with Gasteiger partial charge in [-0.25, -0.2) is 13.4 Å². The molecular weight excluding hydrogens is 457 g/mol. The lowest BCUT2D eigenvalue weighted by atomic mass is 9.98. The maximum Gasteiger partial charge on any atom is 0.416 e. The summed E-state index contributed by atoms with van der Waals surface area (Å²) in [5.41, 5.74) is 2.45. The van der Waals surface area contributed by atoms with E-state index in [1.54, 1.807) is 4.90 Å². The molecule has 0 unspecified atom stereocenters. The number of carbonyl (C=O) groups is 1. The molecule has 0 bridgehead atoms. The first kappa shape index (κ1) is 22.8. The quantitative estimate of drug-likeness (QED) is 0.574. The predicted octanol–water partition coefficient (Wildman–Crippen LogP) is 4.16. The van der Waals surface area contributed by atoms with E-state index in [0.29, 0.717) is 30.9 Å². The first-order valence-corrected chi connectivity index (χ1v) is 11.9. The van der Waals surface area contributed by atoms with Crippen molar-refractivity contribution >= 4 is 27.1 Å². The van der Waals surface area contributed by atoms with Crippen LogP contribution in [0, 0.1) is 0 Å². The van der Waals surface area contributed by atoms with E-state index >= 15 is 0 Å². The van der Waals surface area contributed by atoms with Crippen LogP contribution in [-0.2, 0) is 29.0 Å². The molecule has 0 aliphatic carbocycles. The number of nitrogens with zero attached hydrogens (tertiary/aromatic N) is 2. The lowest BCUT2D eigenvalue weighted by molar-refractivity contribution is -0.137. The summed E-state index contributed by atoms with van der Waals surface area (Å²) in [5.74, 6) is -0.504. The Kier molecular flexibility index (Phi) is 5.91. The molecule has 1 aliphatic heterocycles. The van der Waals surface area contributed by atoms with Crippen molar-refractivity contribution in [2.75, 3.05) is 17.6 Å². The molecule has 1 aromatic heterocycles. The van der Waals surface area contributed by atoms with Gasteiger partial charge in [0.15, 0.2) is 0 Å². The number of benzene rings is 2. The number of halogens is 3. The molecule has 0 atom stereocenters. The Bertz CT molecular complexity index is 1280. The van der Waals surface area contributed by atoms with E-state index < -0.39 is 21.6 Å². The molecular formula is C22H21F3N4O3S. The van der Waals surface area contributed by atoms with Gasteiger partial charge in [-0.15, -0.1) is 0 Å². The number of carbonyl (C=O) groups excluding carboxylic acids is 1. The molecule has 0 radical (unpaired) electrons. The molecule has 4 rings (SSSR count). The van der Waals surface area contributed by atoms with Crippen LogP contribution in [0.4, 0.5) is 24.5 Å². The second-order valence-electron chi connectivity index (χ2n) is 7.65. The number of hydrogen-bond acceptors (Lipinski definition) is 5. The highest BCUT2D eigenvalue weighted by molar-refractivity contribution is 7.91. The van der Waals surface area contributed by atoms with E-state index in [0.717, 1.165) is 23.3 Å². The summed E-state index contributed by atoms with van der Waals surface area (Å²) in [4.78, 5) is 21.0. The molecule has 33 heavy (non-hydrogen) atoms. The van der Waals surface area contributed by atoms with Gasteiger partial charge in [-0.05, 0) is 53.9 Å². The molecule has 1 aliphatic rings. The van der Waals surface area contributed by atoms with Gasteiger partial charge in [-0.3, -0.25) is 4.79 Å². The van der Waals surface area contributed by atoms with Crippen molar-refractivity contribution in [3.8, 4) is 0 Å². The maximum absolute atomic E-state index is 12.9. The van der Waals surface area contributed by atoms with E-state index in [1.807, 2.05) is 18.2 Å². The van der Waals surface area contributed by atoms with Crippen molar-refractivity contribution in [2.45, 2.75) is 31.2 Å². The lowest BCUT2D eigenvalue weighted by Crippen LogP contribution is -2.36. The third kappa shape index (κ3) is 4.87. The highest BCUT2D eigenvalue weighted by atomic mass is 32.2. The first-order chi connectivity index (χ1) is 15.6. The van der Waals surface area contributed by atoms with E-state index in [4.69, 9.17) is 0 Å². The molecule has 1 amide bonds. The summed E-state index contributed by atoms with van der Waals surface area (Å²) < 4.78 is 62.1. The van der Waals surface area contributed by atoms with Gasteiger partial charge >= 0.3 is 6.18 Å². The number of nitrogens with one attached hydrogen (secondary N) is 2. The molecule has 2 heterocycles. The summed E-state index contributed by atoms with van der Waals surface area (Å²) in [6.07, 6.45) is -2.48. The molecule has 11 heteroatoms. The number of anilines is 2. The molecule has 3 aromatic rings. The number of sulfone groups is 1. The number of alkyl halides is 3. The summed E-state index contributed by atoms with van der Waals surface area (Å²) in [7, 11) is -3.54. The van der Waals surface area contributed by atoms with Crippen LogP contribution in [-0.4, -0.2) is 41.5 Å². The number of rotatable bonds is 5. The van der Waals surface area contributed by atoms with Crippen molar-refractivity contribution in [1.29, 1.82) is 0 Å². The second-order valence-corrected chi connectivity index (χ2v) is 9.85. The lowest BCUT2D eigenvalue weighted by Gasteiger charge is -2.28. The summed E-state index contributed by atoms with van der Waals surface area (Å²) in [6, 6.07) is 10.4. The van der Waals surface area contributed by atoms with Crippen LogP contribution in [0.3, 0.4) is 0 Å². The van der Waals surface area contributed by atoms with Gasteiger partial charge in [-0.1, -0.05) is 13.0 Å². The minimum absolute atomic E-state index is 0.0320. The smallest absolute Gasteiger partial charge is 0.356 e. The third-order valence-electron chi connectivity index (χ3n) is 5.45. The fraction of sp³-hybridized carbons (Fsp3) is 0.273. The minimum atomic E-state index is -4.39. The molecule has 0 saturated carbocycles. The number of aromatic nitrogens is 2. The number of hydrogen-bond donors (Lipinski definition) is 2. The zero-order chi connectivity index (χ0) is 23.8. The van der Waals surface area contributed by atoms with E-state index in [9.17, 15) is 26.4 Å². The van der Waals surface area contributed by atoms with E-state index in [2.05, 4.69) is 15.3 Å². The highest BCUT2D eigenvalue weighted by Crippen LogP contribution is 2.31. The number of imidazole rings is 1. The zero-order valence-electron chi connectivity index (χ0n) is 17.6. The minimum Gasteiger partial charge on any atom is -0.356 e. The number of fused-ring (bicyclic) bond motifs is 1. The summed E-state index contributed by atoms with van der Waals surface area (Å²) in [5, 5.41) is 2.85. The van der Waals surface area contributed by atoms with Crippen LogP contribution < -0.4 is 5.32 Å². The van der Waals surface area contributed by atoms with Crippen LogP contribution in [0.5, 0.6) is 0 Å². The van der Waals surface area contributed by atoms with Gasteiger partial charge in [0.2, 0.25) is 15.0 Å². The fourth-order valence-corrected chi connectivity index (χ4v) is 4.34. The summed E-state index contributed by atoms with van der Waals surface area (Å²) >= 11 is 0. The van der Waals surface area contributed by atoms with Gasteiger partial charge in [0.05, 0.1) is 11.3 Å². The molecule has 0 fully saturated rings. The molecule has 0 saturated heterocycles. The van der Waals surface area contributed by atoms with Crippen molar-refractivity contribution in [3.05, 3.63) is 71.0 Å². The SMILES string of the molecule is CCS(=O)(=O)c1nc(C(=O)N2CCc3ccc(Nc4ccc(C(F)(F)F)cc4)cc3C2)c[nH]1. The molecule has 2 N–H and O–H groups in total. The average Bonchev–Trinajstić information content (AvgIpc) is 3.29. The Morgan fingerprint density at radius 1 is 1.12 bits per heavy atom. The van der Waals surface area contributed by atoms with Crippen molar-refractivity contribution in [1.82, 2.24) is 14.9 Å². The Morgan fingerprint density at radius 2 is 1.82 bits per heavy atom. The predicted molar refractivity (Wildman–Crippen MR) is 116 cm³/mol. The van der Waals surface area contributed by atoms with Crippen LogP contribution in [0.25, 0.3) is 0 Å². The Morgan fingerprint density at radius 3 is 2.48 bits per heavy atom. The second kappa shape index (κ2) is 8.54. The molecule has 7 nitrogen and oxygen atoms in total. The monoisotopic (exact) mass is 478 g/mol. The fourth-order valence-electron chi connectivity index (χ4n) is 3.59. The van der Waals surface area contributed by atoms with Gasteiger partial charge in [0.25, 0.3) is 5.91 Å². The van der Waals surface area contributed by atoms with Gasteiger partial charge in [-0.2, -0.15) is 13.2 Å². The largest absolute Gasteiger partial charge is 0.416 e. The standard InChI is InChI=1S/C22H21F3N4O3S/c1-2-33(31,32)21-26-12-19(28-21)20(30)29-10-9-14-3-6-18(11-15(14)13-29)27-17-7-4-16(5-8-17)22(23,24)25/h3-8,11-12,27H,2,9-10,13H2,1H3,(H,26,28). The number of amides is 1. The van der Waals surface area contributed by atoms with Crippen LogP contribution in [0.15, 0.2) is 53.8 Å². The number of aromatic amines is 1.